The summed E-state index contributed by atoms with van der Waals surface area (Å²) in [5.74, 6) is -0.000548. The van der Waals surface area contributed by atoms with Crippen LogP contribution in [0.1, 0.15) is 17.0 Å². The summed E-state index contributed by atoms with van der Waals surface area (Å²) in [7, 11) is 1.88. The standard InChI is InChI=1S/C12H16N6O/c1-8-11(7-18(2)16-8)15-6-9-3-4-14-10(5-9)12(13)17-19/h3-5,7,15,19H,6H2,1-2H3,(H2,13,17). The molecule has 0 aliphatic carbocycles. The van der Waals surface area contributed by atoms with Crippen molar-refractivity contribution < 1.29 is 5.21 Å². The van der Waals surface area contributed by atoms with Gasteiger partial charge in [0.1, 0.15) is 5.69 Å². The summed E-state index contributed by atoms with van der Waals surface area (Å²) in [4.78, 5) is 4.03. The SMILES string of the molecule is Cc1nn(C)cc1NCc1ccnc(/C(N)=N/O)c1. The third-order valence-corrected chi connectivity index (χ3v) is 2.69. The number of oxime groups is 1. The third-order valence-electron chi connectivity index (χ3n) is 2.69. The maximum atomic E-state index is 8.62. The molecule has 0 radical (unpaired) electrons. The van der Waals surface area contributed by atoms with Gasteiger partial charge in [0.15, 0.2) is 5.84 Å². The van der Waals surface area contributed by atoms with Crippen molar-refractivity contribution in [3.05, 3.63) is 41.5 Å². The maximum absolute atomic E-state index is 8.62. The lowest BCUT2D eigenvalue weighted by atomic mass is 10.2. The molecule has 0 aliphatic heterocycles. The van der Waals surface area contributed by atoms with Crippen molar-refractivity contribution in [3.8, 4) is 0 Å². The van der Waals surface area contributed by atoms with Crippen LogP contribution in [-0.4, -0.2) is 25.8 Å². The molecular weight excluding hydrogens is 244 g/mol. The number of rotatable bonds is 4. The molecule has 0 spiro atoms. The number of aromatic nitrogens is 3. The minimum absolute atomic E-state index is 0.000548. The van der Waals surface area contributed by atoms with E-state index in [-0.39, 0.29) is 5.84 Å². The molecule has 0 unspecified atom stereocenters. The molecule has 19 heavy (non-hydrogen) atoms. The first kappa shape index (κ1) is 12.9. The molecule has 0 fully saturated rings. The second-order valence-corrected chi connectivity index (χ2v) is 4.19. The van der Waals surface area contributed by atoms with Crippen LogP contribution in [0.25, 0.3) is 0 Å². The Bertz CT molecular complexity index is 604. The van der Waals surface area contributed by atoms with Gasteiger partial charge in [0.2, 0.25) is 0 Å². The van der Waals surface area contributed by atoms with E-state index in [0.29, 0.717) is 12.2 Å². The molecular formula is C12H16N6O. The smallest absolute Gasteiger partial charge is 0.188 e. The fourth-order valence-corrected chi connectivity index (χ4v) is 1.75. The summed E-state index contributed by atoms with van der Waals surface area (Å²) in [6, 6.07) is 3.64. The molecule has 2 aromatic rings. The third kappa shape index (κ3) is 3.01. The molecule has 2 aromatic heterocycles. The van der Waals surface area contributed by atoms with Crippen LogP contribution in [0.4, 0.5) is 5.69 Å². The van der Waals surface area contributed by atoms with Crippen LogP contribution in [-0.2, 0) is 13.6 Å². The van der Waals surface area contributed by atoms with Crippen LogP contribution < -0.4 is 11.1 Å². The second-order valence-electron chi connectivity index (χ2n) is 4.19. The van der Waals surface area contributed by atoms with Gasteiger partial charge in [-0.1, -0.05) is 5.16 Å². The van der Waals surface area contributed by atoms with E-state index in [1.807, 2.05) is 26.2 Å². The Hall–Kier alpha value is -2.57. The number of nitrogens with one attached hydrogen (secondary N) is 1. The second kappa shape index (κ2) is 5.38. The van der Waals surface area contributed by atoms with E-state index in [1.165, 1.54) is 0 Å². The lowest BCUT2D eigenvalue weighted by Gasteiger charge is -2.06. The molecule has 7 heteroatoms. The normalized spacial score (nSPS) is 11.6. The number of nitrogens with two attached hydrogens (primary N) is 1. The Morgan fingerprint density at radius 2 is 2.37 bits per heavy atom. The summed E-state index contributed by atoms with van der Waals surface area (Å²) < 4.78 is 1.76. The molecule has 0 bridgehead atoms. The first-order valence-electron chi connectivity index (χ1n) is 5.77. The number of hydrogen-bond donors (Lipinski definition) is 3. The average molecular weight is 260 g/mol. The molecule has 0 aromatic carbocycles. The van der Waals surface area contributed by atoms with Crippen LogP contribution in [0.3, 0.4) is 0 Å². The molecule has 0 saturated carbocycles. The average Bonchev–Trinajstić information content (AvgIpc) is 2.74. The Kier molecular flexibility index (Phi) is 3.65. The predicted molar refractivity (Wildman–Crippen MR) is 72.0 cm³/mol. The number of nitrogens with zero attached hydrogens (tertiary/aromatic N) is 4. The van der Waals surface area contributed by atoms with Crippen molar-refractivity contribution in [2.45, 2.75) is 13.5 Å². The monoisotopic (exact) mass is 260 g/mol. The maximum Gasteiger partial charge on any atom is 0.188 e. The van der Waals surface area contributed by atoms with Crippen LogP contribution >= 0.6 is 0 Å². The number of amidine groups is 1. The lowest BCUT2D eigenvalue weighted by Crippen LogP contribution is -2.15. The van der Waals surface area contributed by atoms with Gasteiger partial charge in [-0.3, -0.25) is 9.67 Å². The van der Waals surface area contributed by atoms with Gasteiger partial charge in [-0.15, -0.1) is 0 Å². The Morgan fingerprint density at radius 1 is 1.58 bits per heavy atom. The Morgan fingerprint density at radius 3 is 3.00 bits per heavy atom. The van der Waals surface area contributed by atoms with E-state index < -0.39 is 0 Å². The van der Waals surface area contributed by atoms with Gasteiger partial charge in [0.05, 0.1) is 11.4 Å². The quantitative estimate of drug-likeness (QED) is 0.327. The highest BCUT2D eigenvalue weighted by Gasteiger charge is 2.04. The zero-order chi connectivity index (χ0) is 13.8. The summed E-state index contributed by atoms with van der Waals surface area (Å²) in [6.45, 7) is 2.55. The predicted octanol–water partition coefficient (Wildman–Crippen LogP) is 0.830. The largest absolute Gasteiger partial charge is 0.409 e. The van der Waals surface area contributed by atoms with Crippen LogP contribution in [0.5, 0.6) is 0 Å². The van der Waals surface area contributed by atoms with Crippen molar-refractivity contribution in [1.29, 1.82) is 0 Å². The molecule has 0 aliphatic rings. The molecule has 100 valence electrons. The molecule has 2 heterocycles. The Labute approximate surface area is 110 Å². The van der Waals surface area contributed by atoms with E-state index in [9.17, 15) is 0 Å². The fourth-order valence-electron chi connectivity index (χ4n) is 1.75. The van der Waals surface area contributed by atoms with Gasteiger partial charge < -0.3 is 16.3 Å². The highest BCUT2D eigenvalue weighted by atomic mass is 16.4. The summed E-state index contributed by atoms with van der Waals surface area (Å²) in [6.07, 6.45) is 3.54. The van der Waals surface area contributed by atoms with Crippen LogP contribution in [0.2, 0.25) is 0 Å². The van der Waals surface area contributed by atoms with Gasteiger partial charge in [-0.05, 0) is 24.6 Å². The molecule has 0 atom stereocenters. The fraction of sp³-hybridized carbons (Fsp3) is 0.250. The molecule has 2 rings (SSSR count). The summed E-state index contributed by atoms with van der Waals surface area (Å²) in [5.41, 5.74) is 8.85. The van der Waals surface area contributed by atoms with Gasteiger partial charge >= 0.3 is 0 Å². The van der Waals surface area contributed by atoms with Crippen molar-refractivity contribution in [2.75, 3.05) is 5.32 Å². The van der Waals surface area contributed by atoms with Crippen LogP contribution in [0.15, 0.2) is 29.7 Å². The van der Waals surface area contributed by atoms with Crippen molar-refractivity contribution in [1.82, 2.24) is 14.8 Å². The number of pyridine rings is 1. The minimum Gasteiger partial charge on any atom is -0.409 e. The van der Waals surface area contributed by atoms with Gasteiger partial charge in [-0.25, -0.2) is 0 Å². The lowest BCUT2D eigenvalue weighted by molar-refractivity contribution is 0.318. The molecule has 4 N–H and O–H groups in total. The summed E-state index contributed by atoms with van der Waals surface area (Å²) in [5, 5.41) is 19.1. The van der Waals surface area contributed by atoms with Crippen LogP contribution in [0, 0.1) is 6.92 Å². The highest BCUT2D eigenvalue weighted by Crippen LogP contribution is 2.13. The van der Waals surface area contributed by atoms with Gasteiger partial charge in [-0.2, -0.15) is 5.10 Å². The number of aryl methyl sites for hydroxylation is 2. The van der Waals surface area contributed by atoms with E-state index in [1.54, 1.807) is 16.9 Å². The number of anilines is 1. The highest BCUT2D eigenvalue weighted by molar-refractivity contribution is 5.95. The number of hydrogen-bond acceptors (Lipinski definition) is 5. The van der Waals surface area contributed by atoms with E-state index in [2.05, 4.69) is 20.6 Å². The molecule has 0 amide bonds. The van der Waals surface area contributed by atoms with Gasteiger partial charge in [0, 0.05) is 26.0 Å². The molecule has 7 nitrogen and oxygen atoms in total. The Balaban J connectivity index is 2.10. The topological polar surface area (TPSA) is 101 Å². The van der Waals surface area contributed by atoms with Crippen molar-refractivity contribution in [3.63, 3.8) is 0 Å². The summed E-state index contributed by atoms with van der Waals surface area (Å²) >= 11 is 0. The minimum atomic E-state index is -0.000548. The zero-order valence-corrected chi connectivity index (χ0v) is 10.8. The first-order valence-corrected chi connectivity index (χ1v) is 5.77. The van der Waals surface area contributed by atoms with Gasteiger partial charge in [0.25, 0.3) is 0 Å². The van der Waals surface area contributed by atoms with E-state index in [0.717, 1.165) is 16.9 Å². The van der Waals surface area contributed by atoms with E-state index >= 15 is 0 Å². The first-order chi connectivity index (χ1) is 9.10. The van der Waals surface area contributed by atoms with E-state index in [4.69, 9.17) is 10.9 Å². The van der Waals surface area contributed by atoms with Crippen molar-refractivity contribution >= 4 is 11.5 Å². The van der Waals surface area contributed by atoms with Crippen molar-refractivity contribution in [2.24, 2.45) is 17.9 Å². The molecule has 0 saturated heterocycles. The zero-order valence-electron chi connectivity index (χ0n) is 10.8.